The molecule has 2 amide bonds. The standard InChI is InChI=1S/C24H25N3O3/c1-2-3-11-21-16-26(23(28)17-27(21)24(29)22-13-14-30-25-22)20-12-7-10-19(15-20)18-8-5-4-6-9-18/h4-10,12-15,21H,2-3,11,16-17H2,1H3/t21-/m0/s1. The predicted molar refractivity (Wildman–Crippen MR) is 115 cm³/mol. The van der Waals surface area contributed by atoms with E-state index in [9.17, 15) is 9.59 Å². The average Bonchev–Trinajstić information content (AvgIpc) is 3.33. The van der Waals surface area contributed by atoms with Gasteiger partial charge in [0.05, 0.1) is 6.04 Å². The van der Waals surface area contributed by atoms with Crippen LogP contribution in [0.5, 0.6) is 0 Å². The molecular weight excluding hydrogens is 378 g/mol. The first-order valence-corrected chi connectivity index (χ1v) is 10.3. The Balaban J connectivity index is 1.60. The molecule has 1 aliphatic rings. The molecule has 0 spiro atoms. The van der Waals surface area contributed by atoms with E-state index in [0.717, 1.165) is 36.1 Å². The quantitative estimate of drug-likeness (QED) is 0.612. The van der Waals surface area contributed by atoms with Gasteiger partial charge in [-0.3, -0.25) is 9.59 Å². The summed E-state index contributed by atoms with van der Waals surface area (Å²) in [6, 6.07) is 19.6. The van der Waals surface area contributed by atoms with Crippen molar-refractivity contribution in [2.45, 2.75) is 32.2 Å². The Morgan fingerprint density at radius 3 is 2.63 bits per heavy atom. The molecule has 1 fully saturated rings. The molecule has 3 aromatic rings. The predicted octanol–water partition coefficient (Wildman–Crippen LogP) is 4.39. The molecule has 1 atom stereocenters. The fourth-order valence-electron chi connectivity index (χ4n) is 3.90. The number of carbonyl (C=O) groups is 2. The number of amides is 2. The lowest BCUT2D eigenvalue weighted by molar-refractivity contribution is -0.121. The fourth-order valence-corrected chi connectivity index (χ4v) is 3.90. The highest BCUT2D eigenvalue weighted by Crippen LogP contribution is 2.28. The maximum absolute atomic E-state index is 13.0. The minimum Gasteiger partial charge on any atom is -0.364 e. The van der Waals surface area contributed by atoms with E-state index >= 15 is 0 Å². The topological polar surface area (TPSA) is 66.7 Å². The Morgan fingerprint density at radius 1 is 1.10 bits per heavy atom. The summed E-state index contributed by atoms with van der Waals surface area (Å²) in [4.78, 5) is 29.4. The van der Waals surface area contributed by atoms with Crippen molar-refractivity contribution in [2.75, 3.05) is 18.0 Å². The molecule has 1 saturated heterocycles. The number of unbranched alkanes of at least 4 members (excludes halogenated alkanes) is 1. The fraction of sp³-hybridized carbons (Fsp3) is 0.292. The van der Waals surface area contributed by atoms with Gasteiger partial charge in [0.25, 0.3) is 5.91 Å². The summed E-state index contributed by atoms with van der Waals surface area (Å²) in [5.74, 6) is -0.347. The number of nitrogens with zero attached hydrogens (tertiary/aromatic N) is 3. The van der Waals surface area contributed by atoms with Crippen LogP contribution in [0.25, 0.3) is 11.1 Å². The van der Waals surface area contributed by atoms with Crippen LogP contribution >= 0.6 is 0 Å². The van der Waals surface area contributed by atoms with Crippen LogP contribution in [-0.2, 0) is 4.79 Å². The number of piperazine rings is 1. The van der Waals surface area contributed by atoms with Crippen molar-refractivity contribution < 1.29 is 14.1 Å². The number of hydrogen-bond donors (Lipinski definition) is 0. The first-order valence-electron chi connectivity index (χ1n) is 10.3. The first kappa shape index (κ1) is 19.9. The second kappa shape index (κ2) is 8.95. The summed E-state index contributed by atoms with van der Waals surface area (Å²) >= 11 is 0. The maximum atomic E-state index is 13.0. The van der Waals surface area contributed by atoms with Gasteiger partial charge in [0.15, 0.2) is 5.69 Å². The molecule has 30 heavy (non-hydrogen) atoms. The van der Waals surface area contributed by atoms with E-state index in [1.807, 2.05) is 42.5 Å². The molecule has 4 rings (SSSR count). The van der Waals surface area contributed by atoms with Crippen molar-refractivity contribution in [3.8, 4) is 11.1 Å². The van der Waals surface area contributed by atoms with Gasteiger partial charge in [-0.25, -0.2) is 0 Å². The normalized spacial score (nSPS) is 16.7. The Kier molecular flexibility index (Phi) is 5.93. The maximum Gasteiger partial charge on any atom is 0.276 e. The lowest BCUT2D eigenvalue weighted by atomic mass is 10.0. The number of aromatic nitrogens is 1. The molecule has 0 saturated carbocycles. The van der Waals surface area contributed by atoms with Crippen LogP contribution in [0.1, 0.15) is 36.7 Å². The number of rotatable bonds is 6. The number of benzene rings is 2. The first-order chi connectivity index (χ1) is 14.7. The third-order valence-electron chi connectivity index (χ3n) is 5.51. The van der Waals surface area contributed by atoms with Gasteiger partial charge in [0.1, 0.15) is 12.8 Å². The molecule has 154 valence electrons. The number of hydrogen-bond acceptors (Lipinski definition) is 4. The molecule has 1 aliphatic heterocycles. The second-order valence-electron chi connectivity index (χ2n) is 7.53. The highest BCUT2D eigenvalue weighted by Gasteiger charge is 2.36. The van der Waals surface area contributed by atoms with E-state index in [1.54, 1.807) is 15.9 Å². The summed E-state index contributed by atoms with van der Waals surface area (Å²) in [5.41, 5.74) is 3.27. The number of carbonyl (C=O) groups excluding carboxylic acids is 2. The number of anilines is 1. The van der Waals surface area contributed by atoms with Gasteiger partial charge in [-0.05, 0) is 29.7 Å². The van der Waals surface area contributed by atoms with Gasteiger partial charge >= 0.3 is 0 Å². The molecular formula is C24H25N3O3. The molecule has 0 bridgehead atoms. The third kappa shape index (κ3) is 4.13. The largest absolute Gasteiger partial charge is 0.364 e. The average molecular weight is 403 g/mol. The highest BCUT2D eigenvalue weighted by atomic mass is 16.5. The van der Waals surface area contributed by atoms with Crippen molar-refractivity contribution in [1.82, 2.24) is 10.1 Å². The third-order valence-corrected chi connectivity index (χ3v) is 5.51. The Hall–Kier alpha value is -3.41. The lowest BCUT2D eigenvalue weighted by Gasteiger charge is -2.41. The molecule has 6 heteroatoms. The summed E-state index contributed by atoms with van der Waals surface area (Å²) in [5, 5.41) is 3.76. The molecule has 1 aromatic heterocycles. The SMILES string of the molecule is CCCC[C@H]1CN(c2cccc(-c3ccccc3)c2)C(=O)CN1C(=O)c1ccon1. The van der Waals surface area contributed by atoms with Gasteiger partial charge in [-0.2, -0.15) is 0 Å². The molecule has 0 unspecified atom stereocenters. The van der Waals surface area contributed by atoms with Gasteiger partial charge in [0.2, 0.25) is 5.91 Å². The highest BCUT2D eigenvalue weighted by molar-refractivity contribution is 6.01. The Bertz CT molecular complexity index is 1000. The minimum absolute atomic E-state index is 0.0373. The monoisotopic (exact) mass is 403 g/mol. The van der Waals surface area contributed by atoms with Crippen molar-refractivity contribution in [3.05, 3.63) is 72.6 Å². The van der Waals surface area contributed by atoms with Gasteiger partial charge < -0.3 is 14.3 Å². The van der Waals surface area contributed by atoms with Crippen molar-refractivity contribution in [1.29, 1.82) is 0 Å². The Labute approximate surface area is 176 Å². The van der Waals surface area contributed by atoms with E-state index in [2.05, 4.69) is 24.2 Å². The zero-order valence-corrected chi connectivity index (χ0v) is 17.0. The van der Waals surface area contributed by atoms with Crippen molar-refractivity contribution in [2.24, 2.45) is 0 Å². The zero-order chi connectivity index (χ0) is 20.9. The summed E-state index contributed by atoms with van der Waals surface area (Å²) in [7, 11) is 0. The van der Waals surface area contributed by atoms with Crippen LogP contribution in [0.4, 0.5) is 5.69 Å². The van der Waals surface area contributed by atoms with Crippen LogP contribution < -0.4 is 4.90 Å². The van der Waals surface area contributed by atoms with Crippen LogP contribution in [0.15, 0.2) is 71.4 Å². The van der Waals surface area contributed by atoms with E-state index in [0.29, 0.717) is 6.54 Å². The Morgan fingerprint density at radius 2 is 1.90 bits per heavy atom. The molecule has 0 aliphatic carbocycles. The lowest BCUT2D eigenvalue weighted by Crippen LogP contribution is -2.58. The molecule has 0 radical (unpaired) electrons. The smallest absolute Gasteiger partial charge is 0.276 e. The van der Waals surface area contributed by atoms with Gasteiger partial charge in [-0.1, -0.05) is 67.4 Å². The molecule has 2 aromatic carbocycles. The summed E-state index contributed by atoms with van der Waals surface area (Å²) < 4.78 is 4.82. The molecule has 0 N–H and O–H groups in total. The van der Waals surface area contributed by atoms with E-state index < -0.39 is 0 Å². The minimum atomic E-state index is -0.254. The van der Waals surface area contributed by atoms with Crippen LogP contribution in [0, 0.1) is 0 Å². The zero-order valence-electron chi connectivity index (χ0n) is 17.0. The summed E-state index contributed by atoms with van der Waals surface area (Å²) in [6.45, 7) is 2.63. The van der Waals surface area contributed by atoms with E-state index in [4.69, 9.17) is 4.52 Å². The summed E-state index contributed by atoms with van der Waals surface area (Å²) in [6.07, 6.45) is 4.23. The van der Waals surface area contributed by atoms with Gasteiger partial charge in [0, 0.05) is 18.3 Å². The molecule has 2 heterocycles. The van der Waals surface area contributed by atoms with Crippen molar-refractivity contribution in [3.63, 3.8) is 0 Å². The molecule has 6 nitrogen and oxygen atoms in total. The van der Waals surface area contributed by atoms with Gasteiger partial charge in [-0.15, -0.1) is 0 Å². The second-order valence-corrected chi connectivity index (χ2v) is 7.53. The van der Waals surface area contributed by atoms with E-state index in [1.165, 1.54) is 6.26 Å². The van der Waals surface area contributed by atoms with Crippen LogP contribution in [0.3, 0.4) is 0 Å². The van der Waals surface area contributed by atoms with Crippen LogP contribution in [0.2, 0.25) is 0 Å². The van der Waals surface area contributed by atoms with E-state index in [-0.39, 0.29) is 30.1 Å². The van der Waals surface area contributed by atoms with Crippen molar-refractivity contribution >= 4 is 17.5 Å². The van der Waals surface area contributed by atoms with Crippen LogP contribution in [-0.4, -0.2) is 41.0 Å².